The Kier molecular flexibility index (Phi) is 7.46. The van der Waals surface area contributed by atoms with Gasteiger partial charge in [0, 0.05) is 18.0 Å². The molecular weight excluding hydrogens is 292 g/mol. The van der Waals surface area contributed by atoms with E-state index >= 15 is 0 Å². The fraction of sp³-hybridized carbons (Fsp3) is 0.0714. The van der Waals surface area contributed by atoms with Gasteiger partial charge < -0.3 is 5.11 Å². The molecular formula is C14H14N2O2S2. The molecule has 0 aliphatic carbocycles. The fourth-order valence-electron chi connectivity index (χ4n) is 0.878. The van der Waals surface area contributed by atoms with E-state index in [1.54, 1.807) is 34.0 Å². The van der Waals surface area contributed by atoms with E-state index in [0.717, 1.165) is 10.1 Å². The van der Waals surface area contributed by atoms with E-state index in [-0.39, 0.29) is 5.57 Å². The molecule has 6 heteroatoms. The van der Waals surface area contributed by atoms with E-state index in [1.165, 1.54) is 6.92 Å². The number of hydrogen-bond donors (Lipinski definition) is 1. The van der Waals surface area contributed by atoms with Crippen LogP contribution in [0.2, 0.25) is 0 Å². The summed E-state index contributed by atoms with van der Waals surface area (Å²) in [6.07, 6.45) is 3.59. The van der Waals surface area contributed by atoms with E-state index in [2.05, 4.69) is 16.5 Å². The van der Waals surface area contributed by atoms with Gasteiger partial charge in [-0.25, -0.2) is 14.8 Å². The Morgan fingerprint density at radius 2 is 1.45 bits per heavy atom. The largest absolute Gasteiger partial charge is 0.478 e. The van der Waals surface area contributed by atoms with Crippen LogP contribution in [0.15, 0.2) is 71.0 Å². The van der Waals surface area contributed by atoms with Crippen molar-refractivity contribution in [2.45, 2.75) is 17.0 Å². The summed E-state index contributed by atoms with van der Waals surface area (Å²) in [6, 6.07) is 11.8. The van der Waals surface area contributed by atoms with Crippen LogP contribution in [0.25, 0.3) is 0 Å². The lowest BCUT2D eigenvalue weighted by molar-refractivity contribution is -0.132. The fourth-order valence-corrected chi connectivity index (χ4v) is 2.63. The van der Waals surface area contributed by atoms with E-state index < -0.39 is 5.97 Å². The first-order chi connectivity index (χ1) is 9.59. The Balaban J connectivity index is 0.000000286. The van der Waals surface area contributed by atoms with Crippen LogP contribution in [0, 0.1) is 0 Å². The molecule has 0 spiro atoms. The van der Waals surface area contributed by atoms with Crippen molar-refractivity contribution in [1.82, 2.24) is 9.97 Å². The highest BCUT2D eigenvalue weighted by molar-refractivity contribution is 8.76. The summed E-state index contributed by atoms with van der Waals surface area (Å²) < 4.78 is 0. The number of hydrogen-bond acceptors (Lipinski definition) is 5. The number of aromatic nitrogens is 2. The Morgan fingerprint density at radius 3 is 1.70 bits per heavy atom. The van der Waals surface area contributed by atoms with E-state index in [9.17, 15) is 4.79 Å². The summed E-state index contributed by atoms with van der Waals surface area (Å²) >= 11 is 0. The molecule has 0 aromatic carbocycles. The summed E-state index contributed by atoms with van der Waals surface area (Å²) in [5, 5.41) is 9.90. The first kappa shape index (κ1) is 16.3. The molecule has 0 amide bonds. The Hall–Kier alpha value is -1.79. The average molecular weight is 306 g/mol. The third-order valence-corrected chi connectivity index (χ3v) is 4.04. The van der Waals surface area contributed by atoms with Gasteiger partial charge in [-0.1, -0.05) is 18.7 Å². The maximum absolute atomic E-state index is 9.60. The number of carboxylic acids is 1. The predicted molar refractivity (Wildman–Crippen MR) is 82.6 cm³/mol. The Labute approximate surface area is 125 Å². The molecule has 0 bridgehead atoms. The van der Waals surface area contributed by atoms with Crippen molar-refractivity contribution in [1.29, 1.82) is 0 Å². The molecule has 0 atom stereocenters. The molecule has 0 unspecified atom stereocenters. The third-order valence-electron chi connectivity index (χ3n) is 1.85. The quantitative estimate of drug-likeness (QED) is 0.682. The van der Waals surface area contributed by atoms with Crippen molar-refractivity contribution < 1.29 is 9.90 Å². The topological polar surface area (TPSA) is 63.1 Å². The van der Waals surface area contributed by atoms with Crippen LogP contribution in [0.3, 0.4) is 0 Å². The molecule has 1 N–H and O–H groups in total. The van der Waals surface area contributed by atoms with Crippen molar-refractivity contribution >= 4 is 27.6 Å². The molecule has 0 saturated heterocycles. The van der Waals surface area contributed by atoms with Gasteiger partial charge in [0.1, 0.15) is 10.1 Å². The van der Waals surface area contributed by atoms with Crippen LogP contribution in [-0.4, -0.2) is 21.0 Å². The van der Waals surface area contributed by atoms with Gasteiger partial charge in [-0.15, -0.1) is 0 Å². The molecule has 4 nitrogen and oxygen atoms in total. The predicted octanol–water partition coefficient (Wildman–Crippen LogP) is 3.92. The normalized spacial score (nSPS) is 9.25. The molecule has 0 fully saturated rings. The molecule has 2 rings (SSSR count). The van der Waals surface area contributed by atoms with Gasteiger partial charge >= 0.3 is 5.97 Å². The zero-order chi connectivity index (χ0) is 14.8. The molecule has 0 aliphatic heterocycles. The summed E-state index contributed by atoms with van der Waals surface area (Å²) in [4.78, 5) is 18.0. The molecule has 0 saturated carbocycles. The van der Waals surface area contributed by atoms with Crippen molar-refractivity contribution in [2.75, 3.05) is 0 Å². The molecule has 0 radical (unpaired) electrons. The molecule has 2 heterocycles. The second kappa shape index (κ2) is 9.17. The third kappa shape index (κ3) is 6.96. The van der Waals surface area contributed by atoms with Gasteiger partial charge in [0.05, 0.1) is 0 Å². The highest BCUT2D eigenvalue weighted by Gasteiger charge is 1.97. The molecule has 2 aromatic rings. The van der Waals surface area contributed by atoms with Crippen LogP contribution >= 0.6 is 21.6 Å². The lowest BCUT2D eigenvalue weighted by Crippen LogP contribution is -1.92. The summed E-state index contributed by atoms with van der Waals surface area (Å²) in [5.74, 6) is -0.935. The Morgan fingerprint density at radius 1 is 1.05 bits per heavy atom. The minimum absolute atomic E-state index is 0.176. The summed E-state index contributed by atoms with van der Waals surface area (Å²) in [6.45, 7) is 4.60. The lowest BCUT2D eigenvalue weighted by atomic mass is 10.4. The van der Waals surface area contributed by atoms with Crippen LogP contribution in [0.1, 0.15) is 6.92 Å². The number of pyridine rings is 2. The zero-order valence-electron chi connectivity index (χ0n) is 10.9. The second-order valence-corrected chi connectivity index (χ2v) is 5.76. The second-order valence-electron chi connectivity index (χ2n) is 3.59. The van der Waals surface area contributed by atoms with Gasteiger partial charge in [0.2, 0.25) is 0 Å². The van der Waals surface area contributed by atoms with Crippen molar-refractivity contribution in [2.24, 2.45) is 0 Å². The number of rotatable bonds is 4. The van der Waals surface area contributed by atoms with Gasteiger partial charge in [0.25, 0.3) is 0 Å². The maximum atomic E-state index is 9.60. The van der Waals surface area contributed by atoms with Gasteiger partial charge in [-0.2, -0.15) is 0 Å². The van der Waals surface area contributed by atoms with E-state index in [4.69, 9.17) is 5.11 Å². The number of carboxylic acid groups (broad SMARTS) is 1. The van der Waals surface area contributed by atoms with Crippen molar-refractivity contribution in [3.05, 3.63) is 60.9 Å². The summed E-state index contributed by atoms with van der Waals surface area (Å²) in [7, 11) is 3.23. The SMILES string of the molecule is C=C(C)C(=O)O.c1ccc(SSc2ccccn2)nc1. The minimum atomic E-state index is -0.935. The number of aliphatic carboxylic acids is 1. The average Bonchev–Trinajstić information content (AvgIpc) is 2.48. The zero-order valence-corrected chi connectivity index (χ0v) is 12.5. The van der Waals surface area contributed by atoms with Gasteiger partial charge in [-0.05, 0) is 52.8 Å². The first-order valence-corrected chi connectivity index (χ1v) is 7.80. The smallest absolute Gasteiger partial charge is 0.330 e. The van der Waals surface area contributed by atoms with Gasteiger partial charge in [0.15, 0.2) is 0 Å². The monoisotopic (exact) mass is 306 g/mol. The lowest BCUT2D eigenvalue weighted by Gasteiger charge is -1.97. The van der Waals surface area contributed by atoms with Crippen molar-refractivity contribution in [3.8, 4) is 0 Å². The number of nitrogens with zero attached hydrogens (tertiary/aromatic N) is 2. The molecule has 104 valence electrons. The van der Waals surface area contributed by atoms with Crippen LogP contribution < -0.4 is 0 Å². The number of carbonyl (C=O) groups is 1. The minimum Gasteiger partial charge on any atom is -0.478 e. The highest BCUT2D eigenvalue weighted by atomic mass is 33.1. The Bertz CT molecular complexity index is 496. The molecule has 0 aliphatic rings. The van der Waals surface area contributed by atoms with E-state index in [1.807, 2.05) is 36.4 Å². The van der Waals surface area contributed by atoms with Crippen LogP contribution in [0.4, 0.5) is 0 Å². The maximum Gasteiger partial charge on any atom is 0.330 e. The first-order valence-electron chi connectivity index (χ1n) is 5.65. The molecule has 2 aromatic heterocycles. The summed E-state index contributed by atoms with van der Waals surface area (Å²) in [5.41, 5.74) is 0.176. The standard InChI is InChI=1S/C10H8N2S2.C4H6O2/c1-3-7-11-9(5-1)13-14-10-6-2-4-8-12-10;1-3(2)4(5)6/h1-8H;1H2,2H3,(H,5,6). The van der Waals surface area contributed by atoms with Crippen LogP contribution in [0.5, 0.6) is 0 Å². The highest BCUT2D eigenvalue weighted by Crippen LogP contribution is 2.34. The van der Waals surface area contributed by atoms with Gasteiger partial charge in [-0.3, -0.25) is 0 Å². The van der Waals surface area contributed by atoms with E-state index in [0.29, 0.717) is 0 Å². The van der Waals surface area contributed by atoms with Crippen LogP contribution in [-0.2, 0) is 4.79 Å². The molecule has 20 heavy (non-hydrogen) atoms. The van der Waals surface area contributed by atoms with Crippen molar-refractivity contribution in [3.63, 3.8) is 0 Å².